The molecule has 5 nitrogen and oxygen atoms in total. The van der Waals surface area contributed by atoms with Crippen LogP contribution >= 0.6 is 11.3 Å². The molecule has 1 saturated heterocycles. The predicted molar refractivity (Wildman–Crippen MR) is 103 cm³/mol. The molecule has 0 unspecified atom stereocenters. The van der Waals surface area contributed by atoms with Crippen LogP contribution in [0.1, 0.15) is 35.5 Å². The molecule has 0 spiro atoms. The molecule has 1 N–H and O–H groups in total. The topological polar surface area (TPSA) is 56.7 Å². The first-order valence-electron chi connectivity index (χ1n) is 8.76. The minimum Gasteiger partial charge on any atom is -0.478 e. The summed E-state index contributed by atoms with van der Waals surface area (Å²) in [6.45, 7) is 10.1. The van der Waals surface area contributed by atoms with Gasteiger partial charge in [0.15, 0.2) is 0 Å². The summed E-state index contributed by atoms with van der Waals surface area (Å²) in [5.41, 5.74) is 1.14. The Balaban J connectivity index is 1.93. The van der Waals surface area contributed by atoms with Crippen molar-refractivity contribution in [2.24, 2.45) is 0 Å². The van der Waals surface area contributed by atoms with Crippen molar-refractivity contribution in [2.75, 3.05) is 31.1 Å². The third-order valence-corrected chi connectivity index (χ3v) is 5.68. The molecule has 0 atom stereocenters. The molecule has 0 aliphatic carbocycles. The monoisotopic (exact) mass is 359 g/mol. The highest BCUT2D eigenvalue weighted by atomic mass is 32.1. The molecule has 2 aromatic heterocycles. The third-order valence-electron chi connectivity index (χ3n) is 4.66. The van der Waals surface area contributed by atoms with Crippen LogP contribution in [-0.2, 0) is 0 Å². The van der Waals surface area contributed by atoms with E-state index in [-0.39, 0.29) is 5.56 Å². The van der Waals surface area contributed by atoms with Crippen LogP contribution in [0.5, 0.6) is 0 Å². The molecule has 6 heteroatoms. The number of carboxylic acids is 1. The second-order valence-corrected chi connectivity index (χ2v) is 8.04. The third kappa shape index (κ3) is 4.02. The van der Waals surface area contributed by atoms with Crippen LogP contribution in [0.3, 0.4) is 0 Å². The van der Waals surface area contributed by atoms with Crippen LogP contribution in [0, 0.1) is 6.92 Å². The quantitative estimate of drug-likeness (QED) is 0.901. The lowest BCUT2D eigenvalue weighted by Gasteiger charge is -2.26. The van der Waals surface area contributed by atoms with E-state index >= 15 is 0 Å². The molecule has 3 rings (SSSR count). The number of hydrogen-bond donors (Lipinski definition) is 1. The molecule has 1 aliphatic rings. The molecule has 134 valence electrons. The van der Waals surface area contributed by atoms with Crippen molar-refractivity contribution in [3.05, 3.63) is 34.7 Å². The van der Waals surface area contributed by atoms with Gasteiger partial charge in [-0.25, -0.2) is 9.78 Å². The average Bonchev–Trinajstić information content (AvgIpc) is 2.86. The van der Waals surface area contributed by atoms with Gasteiger partial charge < -0.3 is 10.0 Å². The summed E-state index contributed by atoms with van der Waals surface area (Å²) < 4.78 is 0. The van der Waals surface area contributed by atoms with Crippen LogP contribution in [0.4, 0.5) is 5.82 Å². The van der Waals surface area contributed by atoms with Crippen LogP contribution in [-0.4, -0.2) is 53.2 Å². The van der Waals surface area contributed by atoms with Crippen LogP contribution in [0.25, 0.3) is 10.6 Å². The molecule has 1 fully saturated rings. The number of hydrogen-bond acceptors (Lipinski definition) is 5. The van der Waals surface area contributed by atoms with E-state index in [1.165, 1.54) is 4.88 Å². The summed E-state index contributed by atoms with van der Waals surface area (Å²) in [7, 11) is 0. The van der Waals surface area contributed by atoms with Crippen LogP contribution < -0.4 is 4.90 Å². The molecular weight excluding hydrogens is 334 g/mol. The average molecular weight is 359 g/mol. The number of carboxylic acid groups (broad SMARTS) is 1. The Morgan fingerprint density at radius 2 is 1.96 bits per heavy atom. The standard InChI is InChI=1S/C19H25N3O2S/c1-13(2)21-9-4-10-22(12-11-21)18-15(19(23)24)6-7-16(20-18)17-8-5-14(3)25-17/h5-8,13H,4,9-12H2,1-3H3,(H,23,24). The van der Waals surface area contributed by atoms with E-state index in [0.29, 0.717) is 11.9 Å². The van der Waals surface area contributed by atoms with Gasteiger partial charge in [0.05, 0.1) is 10.6 Å². The Hall–Kier alpha value is -1.92. The van der Waals surface area contributed by atoms with Gasteiger partial charge in [0, 0.05) is 37.1 Å². The number of aryl methyl sites for hydroxylation is 1. The van der Waals surface area contributed by atoms with Crippen molar-refractivity contribution >= 4 is 23.1 Å². The minimum atomic E-state index is -0.915. The Morgan fingerprint density at radius 3 is 2.60 bits per heavy atom. The summed E-state index contributed by atoms with van der Waals surface area (Å²) >= 11 is 1.68. The maximum Gasteiger partial charge on any atom is 0.339 e. The largest absolute Gasteiger partial charge is 0.478 e. The van der Waals surface area contributed by atoms with Crippen molar-refractivity contribution in [2.45, 2.75) is 33.2 Å². The number of carbonyl (C=O) groups is 1. The molecule has 2 aromatic rings. The number of thiophene rings is 1. The van der Waals surface area contributed by atoms with Gasteiger partial charge in [0.1, 0.15) is 11.4 Å². The molecule has 0 bridgehead atoms. The minimum absolute atomic E-state index is 0.287. The highest BCUT2D eigenvalue weighted by Crippen LogP contribution is 2.30. The highest BCUT2D eigenvalue weighted by molar-refractivity contribution is 7.15. The van der Waals surface area contributed by atoms with Crippen molar-refractivity contribution in [1.29, 1.82) is 0 Å². The molecule has 0 saturated carbocycles. The number of aromatic carboxylic acids is 1. The summed E-state index contributed by atoms with van der Waals surface area (Å²) in [6.07, 6.45) is 1.02. The zero-order valence-electron chi connectivity index (χ0n) is 15.0. The van der Waals surface area contributed by atoms with Gasteiger partial charge >= 0.3 is 5.97 Å². The molecule has 1 aliphatic heterocycles. The van der Waals surface area contributed by atoms with Crippen molar-refractivity contribution in [3.8, 4) is 10.6 Å². The Labute approximate surface area is 152 Å². The SMILES string of the molecule is Cc1ccc(-c2ccc(C(=O)O)c(N3CCCN(C(C)C)CC3)n2)s1. The first-order chi connectivity index (χ1) is 12.0. The fourth-order valence-corrected chi connectivity index (χ4v) is 4.07. The number of anilines is 1. The summed E-state index contributed by atoms with van der Waals surface area (Å²) in [5.74, 6) is -0.317. The number of rotatable bonds is 4. The van der Waals surface area contributed by atoms with Crippen LogP contribution in [0.2, 0.25) is 0 Å². The number of pyridine rings is 1. The van der Waals surface area contributed by atoms with E-state index in [0.717, 1.165) is 43.2 Å². The van der Waals surface area contributed by atoms with Gasteiger partial charge in [0.2, 0.25) is 0 Å². The fourth-order valence-electron chi connectivity index (χ4n) is 3.23. The molecule has 25 heavy (non-hydrogen) atoms. The molecule has 0 radical (unpaired) electrons. The zero-order chi connectivity index (χ0) is 18.0. The van der Waals surface area contributed by atoms with E-state index in [4.69, 9.17) is 4.98 Å². The van der Waals surface area contributed by atoms with E-state index in [1.54, 1.807) is 17.4 Å². The Morgan fingerprint density at radius 1 is 1.16 bits per heavy atom. The van der Waals surface area contributed by atoms with Crippen molar-refractivity contribution in [3.63, 3.8) is 0 Å². The molecular formula is C19H25N3O2S. The van der Waals surface area contributed by atoms with E-state index < -0.39 is 5.97 Å². The second-order valence-electron chi connectivity index (χ2n) is 6.75. The summed E-state index contributed by atoms with van der Waals surface area (Å²) in [4.78, 5) is 23.3. The highest BCUT2D eigenvalue weighted by Gasteiger charge is 2.23. The van der Waals surface area contributed by atoms with Gasteiger partial charge in [-0.2, -0.15) is 0 Å². The zero-order valence-corrected chi connectivity index (χ0v) is 15.8. The number of nitrogens with zero attached hydrogens (tertiary/aromatic N) is 3. The lowest BCUT2D eigenvalue weighted by atomic mass is 10.2. The van der Waals surface area contributed by atoms with E-state index in [9.17, 15) is 9.90 Å². The predicted octanol–water partition coefficient (Wildman–Crippen LogP) is 3.74. The maximum atomic E-state index is 11.7. The van der Waals surface area contributed by atoms with Gasteiger partial charge in [-0.1, -0.05) is 0 Å². The Bertz CT molecular complexity index is 757. The lowest BCUT2D eigenvalue weighted by molar-refractivity contribution is 0.0697. The van der Waals surface area contributed by atoms with Crippen LogP contribution in [0.15, 0.2) is 24.3 Å². The Kier molecular flexibility index (Phi) is 5.39. The summed E-state index contributed by atoms with van der Waals surface area (Å²) in [6, 6.07) is 8.14. The first kappa shape index (κ1) is 17.9. The van der Waals surface area contributed by atoms with Gasteiger partial charge in [0.25, 0.3) is 0 Å². The number of aromatic nitrogens is 1. The smallest absolute Gasteiger partial charge is 0.339 e. The van der Waals surface area contributed by atoms with Crippen molar-refractivity contribution in [1.82, 2.24) is 9.88 Å². The molecule has 3 heterocycles. The second kappa shape index (κ2) is 7.54. The van der Waals surface area contributed by atoms with Gasteiger partial charge in [-0.05, 0) is 51.5 Å². The van der Waals surface area contributed by atoms with Gasteiger partial charge in [-0.15, -0.1) is 11.3 Å². The first-order valence-corrected chi connectivity index (χ1v) is 9.57. The van der Waals surface area contributed by atoms with Gasteiger partial charge in [-0.3, -0.25) is 4.90 Å². The lowest BCUT2D eigenvalue weighted by Crippen LogP contribution is -2.35. The summed E-state index contributed by atoms with van der Waals surface area (Å²) in [5, 5.41) is 9.60. The van der Waals surface area contributed by atoms with Crippen molar-refractivity contribution < 1.29 is 9.90 Å². The maximum absolute atomic E-state index is 11.7. The van der Waals surface area contributed by atoms with E-state index in [1.807, 2.05) is 6.07 Å². The van der Waals surface area contributed by atoms with E-state index in [2.05, 4.69) is 42.7 Å². The fraction of sp³-hybridized carbons (Fsp3) is 0.474. The molecule has 0 amide bonds. The molecule has 0 aromatic carbocycles. The normalized spacial score (nSPS) is 16.2.